The Morgan fingerprint density at radius 2 is 1.76 bits per heavy atom. The summed E-state index contributed by atoms with van der Waals surface area (Å²) in [5, 5.41) is 21.0. The summed E-state index contributed by atoms with van der Waals surface area (Å²) in [4.78, 5) is 24.0. The van der Waals surface area contributed by atoms with Gasteiger partial charge < -0.3 is 20.4 Å². The predicted molar refractivity (Wildman–Crippen MR) is 63.8 cm³/mol. The lowest BCUT2D eigenvalue weighted by molar-refractivity contribution is -0.143. The van der Waals surface area contributed by atoms with Crippen LogP contribution in [0.3, 0.4) is 0 Å². The summed E-state index contributed by atoms with van der Waals surface area (Å²) in [6.45, 7) is 6.41. The number of hydrogen-bond donors (Lipinski definition) is 3. The Morgan fingerprint density at radius 3 is 2.06 bits per heavy atom. The molecule has 100 valence electrons. The summed E-state index contributed by atoms with van der Waals surface area (Å²) >= 11 is 0. The molecule has 0 radical (unpaired) electrons. The molecule has 2 amide bonds. The fraction of sp³-hybridized carbons (Fsp3) is 0.818. The van der Waals surface area contributed by atoms with Crippen molar-refractivity contribution < 1.29 is 19.8 Å². The minimum absolute atomic E-state index is 0.123. The van der Waals surface area contributed by atoms with Crippen LogP contribution in [0, 0.1) is 0 Å². The van der Waals surface area contributed by atoms with E-state index in [0.717, 1.165) is 0 Å². The average molecular weight is 246 g/mol. The Labute approximate surface area is 102 Å². The van der Waals surface area contributed by atoms with E-state index in [9.17, 15) is 14.7 Å². The number of nitrogens with zero attached hydrogens (tertiary/aromatic N) is 1. The third kappa shape index (κ3) is 5.04. The maximum atomic E-state index is 11.7. The van der Waals surface area contributed by atoms with E-state index in [4.69, 9.17) is 5.11 Å². The lowest BCUT2D eigenvalue weighted by Gasteiger charge is -2.30. The van der Waals surface area contributed by atoms with Crippen molar-refractivity contribution in [1.29, 1.82) is 0 Å². The number of carbonyl (C=O) groups excluding carboxylic acids is 1. The molecule has 0 rings (SSSR count). The number of aliphatic carboxylic acids is 1. The summed E-state index contributed by atoms with van der Waals surface area (Å²) in [5.74, 6) is -1.08. The van der Waals surface area contributed by atoms with E-state index < -0.39 is 23.1 Å². The van der Waals surface area contributed by atoms with Crippen LogP contribution in [-0.2, 0) is 4.79 Å². The highest BCUT2D eigenvalue weighted by molar-refractivity contribution is 5.85. The molecule has 0 aromatic carbocycles. The number of aliphatic hydroxyl groups is 1. The molecule has 3 N–H and O–H groups in total. The maximum absolute atomic E-state index is 11.7. The molecule has 6 heteroatoms. The Kier molecular flexibility index (Phi) is 4.94. The van der Waals surface area contributed by atoms with Gasteiger partial charge in [0.05, 0.1) is 12.1 Å². The van der Waals surface area contributed by atoms with Crippen molar-refractivity contribution in [2.45, 2.75) is 45.3 Å². The number of carboxylic acid groups (broad SMARTS) is 1. The van der Waals surface area contributed by atoms with E-state index in [-0.39, 0.29) is 13.0 Å². The van der Waals surface area contributed by atoms with Crippen molar-refractivity contribution in [3.63, 3.8) is 0 Å². The zero-order valence-electron chi connectivity index (χ0n) is 11.1. The van der Waals surface area contributed by atoms with Crippen LogP contribution in [0.15, 0.2) is 0 Å². The molecule has 0 fully saturated rings. The monoisotopic (exact) mass is 246 g/mol. The smallest absolute Gasteiger partial charge is 0.329 e. The van der Waals surface area contributed by atoms with Gasteiger partial charge in [-0.25, -0.2) is 9.59 Å². The van der Waals surface area contributed by atoms with Crippen molar-refractivity contribution in [1.82, 2.24) is 10.2 Å². The largest absolute Gasteiger partial charge is 0.480 e. The van der Waals surface area contributed by atoms with Crippen molar-refractivity contribution in [2.24, 2.45) is 0 Å². The molecule has 1 atom stereocenters. The van der Waals surface area contributed by atoms with Gasteiger partial charge in [0, 0.05) is 7.05 Å². The van der Waals surface area contributed by atoms with Gasteiger partial charge in [-0.05, 0) is 27.2 Å². The van der Waals surface area contributed by atoms with Gasteiger partial charge in [0.15, 0.2) is 0 Å². The molecule has 0 aliphatic rings. The summed E-state index contributed by atoms with van der Waals surface area (Å²) in [6.07, 6.45) is 0.282. The van der Waals surface area contributed by atoms with E-state index in [1.54, 1.807) is 20.8 Å². The second kappa shape index (κ2) is 5.35. The number of carbonyl (C=O) groups is 2. The van der Waals surface area contributed by atoms with Gasteiger partial charge in [-0.15, -0.1) is 0 Å². The number of amides is 2. The summed E-state index contributed by atoms with van der Waals surface area (Å²) in [7, 11) is 1.51. The third-order valence-corrected chi connectivity index (χ3v) is 2.53. The summed E-state index contributed by atoms with van der Waals surface area (Å²) in [6, 6.07) is -0.515. The van der Waals surface area contributed by atoms with Crippen LogP contribution in [0.4, 0.5) is 4.79 Å². The van der Waals surface area contributed by atoms with E-state index in [0.29, 0.717) is 0 Å². The SMILES string of the molecule is CCC(C)(NC(=O)N(C)CC(C)(C)O)C(=O)O. The first kappa shape index (κ1) is 15.7. The molecule has 0 bridgehead atoms. The maximum Gasteiger partial charge on any atom is 0.329 e. The van der Waals surface area contributed by atoms with Crippen LogP contribution < -0.4 is 5.32 Å². The minimum atomic E-state index is -1.29. The first-order chi connectivity index (χ1) is 7.52. The van der Waals surface area contributed by atoms with Crippen LogP contribution in [0.2, 0.25) is 0 Å². The number of nitrogens with one attached hydrogen (secondary N) is 1. The molecular weight excluding hydrogens is 224 g/mol. The van der Waals surface area contributed by atoms with Crippen molar-refractivity contribution in [2.75, 3.05) is 13.6 Å². The minimum Gasteiger partial charge on any atom is -0.480 e. The highest BCUT2D eigenvalue weighted by Crippen LogP contribution is 2.11. The first-order valence-electron chi connectivity index (χ1n) is 5.51. The Morgan fingerprint density at radius 1 is 1.29 bits per heavy atom. The number of hydrogen-bond acceptors (Lipinski definition) is 3. The zero-order valence-corrected chi connectivity index (χ0v) is 11.1. The molecule has 0 saturated carbocycles. The fourth-order valence-electron chi connectivity index (χ4n) is 1.28. The lowest BCUT2D eigenvalue weighted by atomic mass is 9.99. The molecule has 0 aliphatic carbocycles. The quantitative estimate of drug-likeness (QED) is 0.664. The summed E-state index contributed by atoms with van der Waals surface area (Å²) < 4.78 is 0. The van der Waals surface area contributed by atoms with Crippen LogP contribution in [0.25, 0.3) is 0 Å². The summed E-state index contributed by atoms with van der Waals surface area (Å²) in [5.41, 5.74) is -2.30. The molecule has 6 nitrogen and oxygen atoms in total. The second-order valence-electron chi connectivity index (χ2n) is 5.09. The van der Waals surface area contributed by atoms with E-state index >= 15 is 0 Å². The van der Waals surface area contributed by atoms with Gasteiger partial charge in [-0.3, -0.25) is 0 Å². The number of likely N-dealkylation sites (N-methyl/N-ethyl adjacent to an activating group) is 1. The molecule has 0 spiro atoms. The molecular formula is C11H22N2O4. The zero-order chi connectivity index (χ0) is 13.9. The number of rotatable bonds is 5. The van der Waals surface area contributed by atoms with Gasteiger partial charge in [0.2, 0.25) is 0 Å². The molecule has 0 aromatic rings. The van der Waals surface area contributed by atoms with Crippen LogP contribution in [0.1, 0.15) is 34.1 Å². The van der Waals surface area contributed by atoms with Crippen LogP contribution >= 0.6 is 0 Å². The number of urea groups is 1. The van der Waals surface area contributed by atoms with Gasteiger partial charge in [-0.2, -0.15) is 0 Å². The molecule has 0 heterocycles. The first-order valence-corrected chi connectivity index (χ1v) is 5.51. The third-order valence-electron chi connectivity index (χ3n) is 2.53. The van der Waals surface area contributed by atoms with Crippen LogP contribution in [0.5, 0.6) is 0 Å². The molecule has 1 unspecified atom stereocenters. The van der Waals surface area contributed by atoms with Gasteiger partial charge >= 0.3 is 12.0 Å². The number of carboxylic acids is 1. The fourth-order valence-corrected chi connectivity index (χ4v) is 1.28. The highest BCUT2D eigenvalue weighted by Gasteiger charge is 2.34. The van der Waals surface area contributed by atoms with Crippen molar-refractivity contribution >= 4 is 12.0 Å². The van der Waals surface area contributed by atoms with Gasteiger partial charge in [0.1, 0.15) is 5.54 Å². The van der Waals surface area contributed by atoms with E-state index in [1.807, 2.05) is 0 Å². The normalized spacial score (nSPS) is 14.9. The van der Waals surface area contributed by atoms with Crippen LogP contribution in [-0.4, -0.2) is 51.8 Å². The van der Waals surface area contributed by atoms with Crippen molar-refractivity contribution in [3.8, 4) is 0 Å². The van der Waals surface area contributed by atoms with Gasteiger partial charge in [-0.1, -0.05) is 6.92 Å². The topological polar surface area (TPSA) is 89.9 Å². The van der Waals surface area contributed by atoms with Crippen molar-refractivity contribution in [3.05, 3.63) is 0 Å². The molecule has 0 aliphatic heterocycles. The highest BCUT2D eigenvalue weighted by atomic mass is 16.4. The standard InChI is InChI=1S/C11H22N2O4/c1-6-11(4,8(14)15)12-9(16)13(5)7-10(2,3)17/h17H,6-7H2,1-5H3,(H,12,16)(H,14,15). The molecule has 0 aromatic heterocycles. The Hall–Kier alpha value is -1.30. The van der Waals surface area contributed by atoms with E-state index in [1.165, 1.54) is 18.9 Å². The molecule has 0 saturated heterocycles. The van der Waals surface area contributed by atoms with Gasteiger partial charge in [0.25, 0.3) is 0 Å². The lowest BCUT2D eigenvalue weighted by Crippen LogP contribution is -2.56. The Bertz CT molecular complexity index is 298. The Balaban J connectivity index is 4.58. The second-order valence-corrected chi connectivity index (χ2v) is 5.09. The average Bonchev–Trinajstić information content (AvgIpc) is 2.14. The van der Waals surface area contributed by atoms with E-state index in [2.05, 4.69) is 5.32 Å². The molecule has 17 heavy (non-hydrogen) atoms. The predicted octanol–water partition coefficient (Wildman–Crippen LogP) is 0.652.